The maximum absolute atomic E-state index is 13.0. The molecule has 9 heteroatoms. The lowest BCUT2D eigenvalue weighted by atomic mass is 10.1. The molecule has 1 fully saturated rings. The van der Waals surface area contributed by atoms with Gasteiger partial charge in [-0.05, 0) is 31.9 Å². The van der Waals surface area contributed by atoms with E-state index in [1.807, 2.05) is 11.6 Å². The van der Waals surface area contributed by atoms with Crippen molar-refractivity contribution in [3.8, 4) is 0 Å². The van der Waals surface area contributed by atoms with Crippen molar-refractivity contribution in [2.24, 2.45) is 7.05 Å². The minimum atomic E-state index is -4.52. The van der Waals surface area contributed by atoms with Crippen molar-refractivity contribution in [1.29, 1.82) is 0 Å². The van der Waals surface area contributed by atoms with E-state index in [0.717, 1.165) is 24.7 Å². The summed E-state index contributed by atoms with van der Waals surface area (Å²) in [4.78, 5) is 12.3. The Morgan fingerprint density at radius 1 is 1.32 bits per heavy atom. The van der Waals surface area contributed by atoms with Gasteiger partial charge in [-0.2, -0.15) is 13.2 Å². The predicted octanol–water partition coefficient (Wildman–Crippen LogP) is 3.83. The molecule has 1 aromatic carbocycles. The summed E-state index contributed by atoms with van der Waals surface area (Å²) >= 11 is 1.17. The van der Waals surface area contributed by atoms with Crippen LogP contribution in [0.3, 0.4) is 0 Å². The third kappa shape index (κ3) is 3.97. The summed E-state index contributed by atoms with van der Waals surface area (Å²) in [5.41, 5.74) is -1.11. The van der Waals surface area contributed by atoms with E-state index in [9.17, 15) is 18.0 Å². The molecule has 0 saturated heterocycles. The first kappa shape index (κ1) is 17.8. The third-order valence-corrected chi connectivity index (χ3v) is 5.09. The maximum Gasteiger partial charge on any atom is 0.418 e. The van der Waals surface area contributed by atoms with Gasteiger partial charge < -0.3 is 9.88 Å². The molecule has 5 nitrogen and oxygen atoms in total. The number of nitrogens with one attached hydrogen (secondary N) is 1. The van der Waals surface area contributed by atoms with Crippen molar-refractivity contribution >= 4 is 23.4 Å². The van der Waals surface area contributed by atoms with Crippen LogP contribution in [0.25, 0.3) is 0 Å². The van der Waals surface area contributed by atoms with E-state index in [0.29, 0.717) is 11.1 Å². The molecule has 25 heavy (non-hydrogen) atoms. The molecule has 2 aromatic rings. The van der Waals surface area contributed by atoms with Crippen LogP contribution in [0.4, 0.5) is 18.9 Å². The number of thioether (sulfide) groups is 1. The Morgan fingerprint density at radius 2 is 2.00 bits per heavy atom. The summed E-state index contributed by atoms with van der Waals surface area (Å²) in [6.07, 6.45) is -2.36. The molecule has 3 rings (SSSR count). The van der Waals surface area contributed by atoms with Crippen LogP contribution >= 0.6 is 11.8 Å². The van der Waals surface area contributed by atoms with E-state index in [-0.39, 0.29) is 5.69 Å². The van der Waals surface area contributed by atoms with Gasteiger partial charge in [-0.15, -0.1) is 10.2 Å². The van der Waals surface area contributed by atoms with E-state index in [4.69, 9.17) is 0 Å². The van der Waals surface area contributed by atoms with Crippen LogP contribution in [-0.4, -0.2) is 25.9 Å². The Bertz CT molecular complexity index is 786. The lowest BCUT2D eigenvalue weighted by Crippen LogP contribution is -2.24. The van der Waals surface area contributed by atoms with Gasteiger partial charge in [-0.1, -0.05) is 23.9 Å². The number of amides is 1. The molecule has 1 saturated carbocycles. The molecule has 0 bridgehead atoms. The van der Waals surface area contributed by atoms with Gasteiger partial charge in [0.15, 0.2) is 5.16 Å². The van der Waals surface area contributed by atoms with Crippen LogP contribution in [0.2, 0.25) is 0 Å². The van der Waals surface area contributed by atoms with Crippen LogP contribution in [0.1, 0.15) is 37.1 Å². The van der Waals surface area contributed by atoms with Crippen molar-refractivity contribution in [2.75, 3.05) is 5.32 Å². The number of hydrogen-bond acceptors (Lipinski definition) is 4. The number of halogens is 3. The van der Waals surface area contributed by atoms with Gasteiger partial charge in [0.1, 0.15) is 5.82 Å². The van der Waals surface area contributed by atoms with Gasteiger partial charge in [0, 0.05) is 13.0 Å². The van der Waals surface area contributed by atoms with Gasteiger partial charge in [0.25, 0.3) is 0 Å². The zero-order valence-corrected chi connectivity index (χ0v) is 14.5. The monoisotopic (exact) mass is 370 g/mol. The van der Waals surface area contributed by atoms with Gasteiger partial charge in [-0.25, -0.2) is 0 Å². The highest BCUT2D eigenvalue weighted by Crippen LogP contribution is 2.40. The van der Waals surface area contributed by atoms with E-state index in [1.165, 1.54) is 30.0 Å². The average molecular weight is 370 g/mol. The highest BCUT2D eigenvalue weighted by Gasteiger charge is 2.34. The lowest BCUT2D eigenvalue weighted by Gasteiger charge is -2.16. The molecule has 1 aromatic heterocycles. The SMILES string of the molecule is C[C@@H](Sc1nnc(C2CC2)n1C)C(=O)Nc1ccccc1C(F)(F)F. The van der Waals surface area contributed by atoms with Crippen LogP contribution < -0.4 is 5.32 Å². The highest BCUT2D eigenvalue weighted by atomic mass is 32.2. The van der Waals surface area contributed by atoms with Gasteiger partial charge in [0.2, 0.25) is 5.91 Å². The first-order valence-electron chi connectivity index (χ1n) is 7.80. The zero-order valence-electron chi connectivity index (χ0n) is 13.7. The summed E-state index contributed by atoms with van der Waals surface area (Å²) in [6.45, 7) is 1.63. The number of anilines is 1. The van der Waals surface area contributed by atoms with Crippen LogP contribution in [0.5, 0.6) is 0 Å². The minimum absolute atomic E-state index is 0.246. The van der Waals surface area contributed by atoms with Gasteiger partial charge in [-0.3, -0.25) is 4.79 Å². The second-order valence-electron chi connectivity index (χ2n) is 5.97. The Morgan fingerprint density at radius 3 is 2.64 bits per heavy atom. The fourth-order valence-electron chi connectivity index (χ4n) is 2.41. The second-order valence-corrected chi connectivity index (χ2v) is 7.27. The highest BCUT2D eigenvalue weighted by molar-refractivity contribution is 8.00. The number of benzene rings is 1. The quantitative estimate of drug-likeness (QED) is 0.813. The summed E-state index contributed by atoms with van der Waals surface area (Å²) in [5.74, 6) is 0.796. The summed E-state index contributed by atoms with van der Waals surface area (Å²) in [7, 11) is 1.83. The Balaban J connectivity index is 1.69. The fraction of sp³-hybridized carbons (Fsp3) is 0.438. The van der Waals surface area contributed by atoms with Crippen molar-refractivity contribution in [1.82, 2.24) is 14.8 Å². The molecule has 1 N–H and O–H groups in total. The molecule has 0 radical (unpaired) electrons. The number of hydrogen-bond donors (Lipinski definition) is 1. The molecule has 1 amide bonds. The Kier molecular flexibility index (Phi) is 4.77. The van der Waals surface area contributed by atoms with Crippen molar-refractivity contribution in [3.63, 3.8) is 0 Å². The molecular formula is C16H17F3N4OS. The Hall–Kier alpha value is -2.03. The summed E-state index contributed by atoms with van der Waals surface area (Å²) < 4.78 is 40.9. The Labute approximate surface area is 147 Å². The number of aromatic nitrogens is 3. The largest absolute Gasteiger partial charge is 0.418 e. The second kappa shape index (κ2) is 6.70. The molecule has 1 aliphatic carbocycles. The topological polar surface area (TPSA) is 59.8 Å². The normalized spacial score (nSPS) is 15.9. The average Bonchev–Trinajstić information content (AvgIpc) is 3.32. The van der Waals surface area contributed by atoms with E-state index in [1.54, 1.807) is 6.92 Å². The van der Waals surface area contributed by atoms with Gasteiger partial charge in [0.05, 0.1) is 16.5 Å². The van der Waals surface area contributed by atoms with Crippen molar-refractivity contribution in [2.45, 2.75) is 42.3 Å². The number of carbonyl (C=O) groups is 1. The smallest absolute Gasteiger partial charge is 0.325 e. The molecule has 1 heterocycles. The van der Waals surface area contributed by atoms with Gasteiger partial charge >= 0.3 is 6.18 Å². The summed E-state index contributed by atoms with van der Waals surface area (Å²) in [5, 5.41) is 10.5. The minimum Gasteiger partial charge on any atom is -0.325 e. The van der Waals surface area contributed by atoms with Crippen molar-refractivity contribution < 1.29 is 18.0 Å². The fourth-order valence-corrected chi connectivity index (χ4v) is 3.23. The van der Waals surface area contributed by atoms with E-state index in [2.05, 4.69) is 15.5 Å². The van der Waals surface area contributed by atoms with Crippen LogP contribution in [-0.2, 0) is 18.0 Å². The van der Waals surface area contributed by atoms with Crippen molar-refractivity contribution in [3.05, 3.63) is 35.7 Å². The number of carbonyl (C=O) groups excluding carboxylic acids is 1. The number of para-hydroxylation sites is 1. The zero-order chi connectivity index (χ0) is 18.2. The molecule has 134 valence electrons. The molecule has 0 spiro atoms. The molecule has 0 unspecified atom stereocenters. The van der Waals surface area contributed by atoms with E-state index < -0.39 is 22.9 Å². The summed E-state index contributed by atoms with van der Waals surface area (Å²) in [6, 6.07) is 4.92. The molecule has 0 aliphatic heterocycles. The van der Waals surface area contributed by atoms with Crippen LogP contribution in [0.15, 0.2) is 29.4 Å². The maximum atomic E-state index is 13.0. The number of rotatable bonds is 5. The number of nitrogens with zero attached hydrogens (tertiary/aromatic N) is 3. The van der Waals surface area contributed by atoms with E-state index >= 15 is 0 Å². The third-order valence-electron chi connectivity index (χ3n) is 3.95. The molecule has 1 atom stereocenters. The first-order chi connectivity index (χ1) is 11.8. The lowest BCUT2D eigenvalue weighted by molar-refractivity contribution is -0.137. The molecular weight excluding hydrogens is 353 g/mol. The number of alkyl halides is 3. The predicted molar refractivity (Wildman–Crippen MR) is 88.4 cm³/mol. The standard InChI is InChI=1S/C16H17F3N4OS/c1-9(25-15-22-21-13(23(15)2)10-7-8-10)14(24)20-12-6-4-3-5-11(12)16(17,18)19/h3-6,9-10H,7-8H2,1-2H3,(H,20,24)/t9-/m1/s1. The molecule has 1 aliphatic rings. The first-order valence-corrected chi connectivity index (χ1v) is 8.68. The van der Waals surface area contributed by atoms with Crippen LogP contribution in [0, 0.1) is 0 Å².